The lowest BCUT2D eigenvalue weighted by Gasteiger charge is -2.12. The fraction of sp³-hybridized carbons (Fsp3) is 0.0769. The predicted molar refractivity (Wildman–Crippen MR) is 78.5 cm³/mol. The molecule has 0 amide bonds. The van der Waals surface area contributed by atoms with Gasteiger partial charge in [-0.1, -0.05) is 12.1 Å². The van der Waals surface area contributed by atoms with E-state index in [1.54, 1.807) is 13.2 Å². The first-order valence-corrected chi connectivity index (χ1v) is 7.29. The van der Waals surface area contributed by atoms with Crippen LogP contribution in [0.2, 0.25) is 0 Å². The van der Waals surface area contributed by atoms with Gasteiger partial charge in [-0.2, -0.15) is 0 Å². The van der Waals surface area contributed by atoms with Crippen molar-refractivity contribution in [3.05, 3.63) is 42.5 Å². The van der Waals surface area contributed by atoms with E-state index < -0.39 is 10.0 Å². The summed E-state index contributed by atoms with van der Waals surface area (Å²) < 4.78 is 27.8. The SMILES string of the molecule is COc1ccccc1Nc1ccc(S(N)(=O)=O)c(N)c1. The second kappa shape index (κ2) is 5.40. The smallest absolute Gasteiger partial charge is 0.240 e. The van der Waals surface area contributed by atoms with Gasteiger partial charge in [-0.15, -0.1) is 0 Å². The van der Waals surface area contributed by atoms with Gasteiger partial charge in [-0.3, -0.25) is 0 Å². The minimum atomic E-state index is -3.81. The Balaban J connectivity index is 2.34. The molecule has 0 bridgehead atoms. The Kier molecular flexibility index (Phi) is 3.82. The highest BCUT2D eigenvalue weighted by molar-refractivity contribution is 7.89. The maximum atomic E-state index is 11.3. The number of anilines is 3. The Morgan fingerprint density at radius 2 is 1.85 bits per heavy atom. The van der Waals surface area contributed by atoms with Crippen LogP contribution in [-0.4, -0.2) is 15.5 Å². The molecule has 0 saturated carbocycles. The van der Waals surface area contributed by atoms with Gasteiger partial charge in [0.15, 0.2) is 0 Å². The van der Waals surface area contributed by atoms with Crippen LogP contribution in [0.15, 0.2) is 47.4 Å². The van der Waals surface area contributed by atoms with E-state index in [0.29, 0.717) is 11.4 Å². The van der Waals surface area contributed by atoms with Gasteiger partial charge < -0.3 is 15.8 Å². The van der Waals surface area contributed by atoms with Gasteiger partial charge in [0, 0.05) is 5.69 Å². The van der Waals surface area contributed by atoms with E-state index in [1.807, 2.05) is 24.3 Å². The van der Waals surface area contributed by atoms with Crippen molar-refractivity contribution in [2.45, 2.75) is 4.90 Å². The quantitative estimate of drug-likeness (QED) is 0.743. The van der Waals surface area contributed by atoms with Gasteiger partial charge in [-0.05, 0) is 30.3 Å². The number of ether oxygens (including phenoxy) is 1. The van der Waals surface area contributed by atoms with Crippen LogP contribution < -0.4 is 20.9 Å². The van der Waals surface area contributed by atoms with Gasteiger partial charge in [0.05, 0.1) is 18.5 Å². The van der Waals surface area contributed by atoms with Crippen LogP contribution in [0.1, 0.15) is 0 Å². The van der Waals surface area contributed by atoms with Crippen LogP contribution in [0.25, 0.3) is 0 Å². The lowest BCUT2D eigenvalue weighted by molar-refractivity contribution is 0.417. The molecule has 7 heteroatoms. The zero-order chi connectivity index (χ0) is 14.8. The molecule has 0 aromatic heterocycles. The van der Waals surface area contributed by atoms with Crippen LogP contribution >= 0.6 is 0 Å². The summed E-state index contributed by atoms with van der Waals surface area (Å²) in [5, 5.41) is 8.16. The van der Waals surface area contributed by atoms with Crippen molar-refractivity contribution in [3.8, 4) is 5.75 Å². The molecule has 0 spiro atoms. The molecular weight excluding hydrogens is 278 g/mol. The molecule has 0 heterocycles. The van der Waals surface area contributed by atoms with E-state index >= 15 is 0 Å². The topological polar surface area (TPSA) is 107 Å². The second-order valence-electron chi connectivity index (χ2n) is 4.12. The average molecular weight is 293 g/mol. The standard InChI is InChI=1S/C13H15N3O3S/c1-19-12-5-3-2-4-11(12)16-9-6-7-13(10(14)8-9)20(15,17)18/h2-8,16H,14H2,1H3,(H2,15,17,18). The number of primary sulfonamides is 1. The summed E-state index contributed by atoms with van der Waals surface area (Å²) in [6.45, 7) is 0. The monoisotopic (exact) mass is 293 g/mol. The van der Waals surface area contributed by atoms with Crippen molar-refractivity contribution in [1.29, 1.82) is 0 Å². The number of rotatable bonds is 4. The zero-order valence-corrected chi connectivity index (χ0v) is 11.6. The zero-order valence-electron chi connectivity index (χ0n) is 10.8. The molecule has 0 aliphatic heterocycles. The van der Waals surface area contributed by atoms with Crippen molar-refractivity contribution >= 4 is 27.1 Å². The lowest BCUT2D eigenvalue weighted by Crippen LogP contribution is -2.14. The molecule has 0 saturated heterocycles. The number of benzene rings is 2. The molecule has 0 atom stereocenters. The molecule has 2 aromatic carbocycles. The van der Waals surface area contributed by atoms with E-state index in [4.69, 9.17) is 15.6 Å². The third-order valence-corrected chi connectivity index (χ3v) is 3.69. The summed E-state index contributed by atoms with van der Waals surface area (Å²) in [6, 6.07) is 11.8. The minimum Gasteiger partial charge on any atom is -0.495 e. The fourth-order valence-corrected chi connectivity index (χ4v) is 2.43. The highest BCUT2D eigenvalue weighted by Crippen LogP contribution is 2.29. The highest BCUT2D eigenvalue weighted by atomic mass is 32.2. The molecular formula is C13H15N3O3S. The maximum Gasteiger partial charge on any atom is 0.240 e. The molecule has 0 aliphatic carbocycles. The molecule has 0 fully saturated rings. The summed E-state index contributed by atoms with van der Waals surface area (Å²) in [6.07, 6.45) is 0. The molecule has 0 unspecified atom stereocenters. The number of methoxy groups -OCH3 is 1. The Bertz CT molecular complexity index is 729. The Morgan fingerprint density at radius 3 is 2.45 bits per heavy atom. The normalized spacial score (nSPS) is 11.1. The molecule has 5 N–H and O–H groups in total. The van der Waals surface area contributed by atoms with E-state index in [0.717, 1.165) is 5.69 Å². The highest BCUT2D eigenvalue weighted by Gasteiger charge is 2.12. The Labute approximate surface area is 117 Å². The van der Waals surface area contributed by atoms with Crippen LogP contribution in [0, 0.1) is 0 Å². The molecule has 2 rings (SSSR count). The molecule has 0 aliphatic rings. The van der Waals surface area contributed by atoms with Crippen molar-refractivity contribution < 1.29 is 13.2 Å². The molecule has 6 nitrogen and oxygen atoms in total. The minimum absolute atomic E-state index is 0.0902. The number of hydrogen-bond donors (Lipinski definition) is 3. The number of sulfonamides is 1. The van der Waals surface area contributed by atoms with E-state index in [2.05, 4.69) is 5.32 Å². The van der Waals surface area contributed by atoms with E-state index in [9.17, 15) is 8.42 Å². The lowest BCUT2D eigenvalue weighted by atomic mass is 10.2. The second-order valence-corrected chi connectivity index (χ2v) is 5.65. The Morgan fingerprint density at radius 1 is 1.15 bits per heavy atom. The summed E-state index contributed by atoms with van der Waals surface area (Å²) >= 11 is 0. The number of nitrogen functional groups attached to an aromatic ring is 1. The third kappa shape index (κ3) is 3.01. The van der Waals surface area contributed by atoms with Gasteiger partial charge in [0.1, 0.15) is 10.6 Å². The maximum absolute atomic E-state index is 11.3. The summed E-state index contributed by atoms with van der Waals surface area (Å²) in [7, 11) is -2.24. The number of nitrogens with one attached hydrogen (secondary N) is 1. The third-order valence-electron chi connectivity index (χ3n) is 2.70. The summed E-state index contributed by atoms with van der Waals surface area (Å²) in [4.78, 5) is -0.0944. The predicted octanol–water partition coefficient (Wildman–Crippen LogP) is 1.67. The van der Waals surface area contributed by atoms with Crippen molar-refractivity contribution in [2.75, 3.05) is 18.2 Å². The average Bonchev–Trinajstić information content (AvgIpc) is 2.38. The first kappa shape index (κ1) is 14.2. The number of para-hydroxylation sites is 2. The van der Waals surface area contributed by atoms with E-state index in [-0.39, 0.29) is 10.6 Å². The van der Waals surface area contributed by atoms with Crippen LogP contribution in [0.4, 0.5) is 17.1 Å². The summed E-state index contributed by atoms with van der Waals surface area (Å²) in [5.74, 6) is 0.668. The first-order chi connectivity index (χ1) is 9.41. The van der Waals surface area contributed by atoms with Gasteiger partial charge in [0.2, 0.25) is 10.0 Å². The molecule has 2 aromatic rings. The van der Waals surface area contributed by atoms with Crippen molar-refractivity contribution in [2.24, 2.45) is 5.14 Å². The van der Waals surface area contributed by atoms with Crippen LogP contribution in [-0.2, 0) is 10.0 Å². The van der Waals surface area contributed by atoms with Crippen molar-refractivity contribution in [1.82, 2.24) is 0 Å². The largest absolute Gasteiger partial charge is 0.495 e. The first-order valence-electron chi connectivity index (χ1n) is 5.74. The van der Waals surface area contributed by atoms with Gasteiger partial charge >= 0.3 is 0 Å². The van der Waals surface area contributed by atoms with Crippen LogP contribution in [0.5, 0.6) is 5.75 Å². The van der Waals surface area contributed by atoms with Crippen LogP contribution in [0.3, 0.4) is 0 Å². The summed E-state index contributed by atoms with van der Waals surface area (Å²) in [5.41, 5.74) is 7.18. The number of hydrogen-bond acceptors (Lipinski definition) is 5. The molecule has 20 heavy (non-hydrogen) atoms. The molecule has 106 valence electrons. The van der Waals surface area contributed by atoms with E-state index in [1.165, 1.54) is 12.1 Å². The van der Waals surface area contributed by atoms with Crippen molar-refractivity contribution in [3.63, 3.8) is 0 Å². The fourth-order valence-electron chi connectivity index (χ4n) is 1.79. The van der Waals surface area contributed by atoms with Gasteiger partial charge in [-0.25, -0.2) is 13.6 Å². The number of nitrogens with two attached hydrogens (primary N) is 2. The van der Waals surface area contributed by atoms with Gasteiger partial charge in [0.25, 0.3) is 0 Å². The Hall–Kier alpha value is -2.25. The molecule has 0 radical (unpaired) electrons.